The Balaban J connectivity index is 2.35. The van der Waals surface area contributed by atoms with Gasteiger partial charge in [0, 0.05) is 24.3 Å². The van der Waals surface area contributed by atoms with E-state index in [2.05, 4.69) is 20.0 Å². The summed E-state index contributed by atoms with van der Waals surface area (Å²) in [6.45, 7) is 2.50. The van der Waals surface area contributed by atoms with Gasteiger partial charge in [-0.25, -0.2) is 9.97 Å². The largest absolute Gasteiger partial charge is 0.383 e. The fourth-order valence-electron chi connectivity index (χ4n) is 1.37. The molecule has 0 aliphatic rings. The van der Waals surface area contributed by atoms with Crippen LogP contribution < -0.4 is 10.0 Å². The summed E-state index contributed by atoms with van der Waals surface area (Å²) >= 11 is 1.21. The van der Waals surface area contributed by atoms with E-state index in [-0.39, 0.29) is 5.03 Å². The maximum absolute atomic E-state index is 12.1. The summed E-state index contributed by atoms with van der Waals surface area (Å²) in [5.74, 6) is 0. The second-order valence-corrected chi connectivity index (χ2v) is 5.82. The Labute approximate surface area is 109 Å². The minimum Gasteiger partial charge on any atom is -0.383 e. The van der Waals surface area contributed by atoms with Gasteiger partial charge in [0.1, 0.15) is 0 Å². The average Bonchev–Trinajstić information content (AvgIpc) is 2.82. The molecule has 0 bridgehead atoms. The molecule has 2 N–H and O–H groups in total. The highest BCUT2D eigenvalue weighted by Crippen LogP contribution is 2.21. The van der Waals surface area contributed by atoms with Gasteiger partial charge in [0.15, 0.2) is 10.2 Å². The molecule has 0 atom stereocenters. The van der Waals surface area contributed by atoms with Crippen molar-refractivity contribution in [1.29, 1.82) is 0 Å². The van der Waals surface area contributed by atoms with Crippen LogP contribution >= 0.6 is 11.3 Å². The topological polar surface area (TPSA) is 84.0 Å². The molecule has 6 nitrogen and oxygen atoms in total. The van der Waals surface area contributed by atoms with Gasteiger partial charge < -0.3 is 5.32 Å². The Bertz CT molecular complexity index is 611. The molecule has 96 valence electrons. The molecule has 0 aliphatic carbocycles. The molecular formula is C10H12N4O2S2. The molecule has 0 amide bonds. The van der Waals surface area contributed by atoms with Gasteiger partial charge in [-0.15, -0.1) is 11.3 Å². The van der Waals surface area contributed by atoms with Gasteiger partial charge in [0.25, 0.3) is 10.0 Å². The normalized spacial score (nSPS) is 11.2. The summed E-state index contributed by atoms with van der Waals surface area (Å²) in [7, 11) is -3.71. The van der Waals surface area contributed by atoms with E-state index < -0.39 is 10.0 Å². The van der Waals surface area contributed by atoms with Gasteiger partial charge in [-0.05, 0) is 19.1 Å². The lowest BCUT2D eigenvalue weighted by molar-refractivity contribution is 0.598. The van der Waals surface area contributed by atoms with Crippen molar-refractivity contribution in [2.75, 3.05) is 16.6 Å². The van der Waals surface area contributed by atoms with Gasteiger partial charge in [0.05, 0.1) is 5.69 Å². The first-order valence-electron chi connectivity index (χ1n) is 5.24. The van der Waals surface area contributed by atoms with Crippen molar-refractivity contribution in [2.24, 2.45) is 0 Å². The van der Waals surface area contributed by atoms with E-state index in [1.165, 1.54) is 23.7 Å². The maximum atomic E-state index is 12.1. The van der Waals surface area contributed by atoms with Gasteiger partial charge in [-0.2, -0.15) is 8.42 Å². The van der Waals surface area contributed by atoms with Crippen LogP contribution in [-0.2, 0) is 10.0 Å². The quantitative estimate of drug-likeness (QED) is 0.874. The lowest BCUT2D eigenvalue weighted by atomic mass is 10.4. The molecular weight excluding hydrogens is 272 g/mol. The number of anilines is 2. The minimum atomic E-state index is -3.71. The molecule has 0 aromatic carbocycles. The van der Waals surface area contributed by atoms with Crippen molar-refractivity contribution in [1.82, 2.24) is 9.97 Å². The molecule has 2 rings (SSSR count). The van der Waals surface area contributed by atoms with Crippen LogP contribution in [0.15, 0.2) is 34.9 Å². The predicted octanol–water partition coefficient (Wildman–Crippen LogP) is 1.77. The Kier molecular flexibility index (Phi) is 3.78. The molecule has 2 heterocycles. The van der Waals surface area contributed by atoms with Gasteiger partial charge in [-0.3, -0.25) is 4.72 Å². The van der Waals surface area contributed by atoms with Crippen molar-refractivity contribution in [3.8, 4) is 0 Å². The van der Waals surface area contributed by atoms with E-state index in [1.54, 1.807) is 17.5 Å². The zero-order chi connectivity index (χ0) is 13.0. The predicted molar refractivity (Wildman–Crippen MR) is 71.3 cm³/mol. The first kappa shape index (κ1) is 12.8. The highest BCUT2D eigenvalue weighted by atomic mass is 32.2. The Hall–Kier alpha value is -1.67. The molecule has 0 radical (unpaired) electrons. The number of nitrogens with zero attached hydrogens (tertiary/aromatic N) is 2. The van der Waals surface area contributed by atoms with E-state index in [9.17, 15) is 8.42 Å². The monoisotopic (exact) mass is 284 g/mol. The van der Waals surface area contributed by atoms with Crippen LogP contribution in [0.2, 0.25) is 0 Å². The summed E-state index contributed by atoms with van der Waals surface area (Å²) in [6, 6.07) is 3.35. The van der Waals surface area contributed by atoms with E-state index in [0.717, 1.165) is 0 Å². The first-order chi connectivity index (χ1) is 8.63. The van der Waals surface area contributed by atoms with Crippen molar-refractivity contribution >= 4 is 32.2 Å². The summed E-state index contributed by atoms with van der Waals surface area (Å²) in [5.41, 5.74) is 0.476. The fraction of sp³-hybridized carbons (Fsp3) is 0.200. The number of pyridine rings is 1. The van der Waals surface area contributed by atoms with E-state index in [0.29, 0.717) is 17.4 Å². The van der Waals surface area contributed by atoms with Crippen LogP contribution in [0.4, 0.5) is 10.8 Å². The van der Waals surface area contributed by atoms with Crippen molar-refractivity contribution in [3.63, 3.8) is 0 Å². The third-order valence-corrected chi connectivity index (χ3v) is 4.16. The second kappa shape index (κ2) is 5.32. The highest BCUT2D eigenvalue weighted by molar-refractivity contribution is 7.93. The minimum absolute atomic E-state index is 0.0259. The summed E-state index contributed by atoms with van der Waals surface area (Å²) in [6.07, 6.45) is 2.98. The third-order valence-electron chi connectivity index (χ3n) is 2.05. The summed E-state index contributed by atoms with van der Waals surface area (Å²) in [4.78, 5) is 7.80. The molecule has 0 spiro atoms. The lowest BCUT2D eigenvalue weighted by Gasteiger charge is -2.10. The highest BCUT2D eigenvalue weighted by Gasteiger charge is 2.20. The number of hydrogen-bond donors (Lipinski definition) is 2. The Morgan fingerprint density at radius 1 is 1.33 bits per heavy atom. The molecule has 0 saturated heterocycles. The molecule has 0 unspecified atom stereocenters. The van der Waals surface area contributed by atoms with E-state index in [1.807, 2.05) is 6.92 Å². The Morgan fingerprint density at radius 2 is 2.17 bits per heavy atom. The molecule has 2 aromatic heterocycles. The SMILES string of the molecule is CCNc1cccnc1S(=O)(=O)Nc1nccs1. The van der Waals surface area contributed by atoms with E-state index in [4.69, 9.17) is 0 Å². The fourth-order valence-corrected chi connectivity index (χ4v) is 3.27. The number of thiazole rings is 1. The molecule has 2 aromatic rings. The molecule has 18 heavy (non-hydrogen) atoms. The number of aromatic nitrogens is 2. The van der Waals surface area contributed by atoms with Crippen molar-refractivity contribution in [3.05, 3.63) is 29.9 Å². The lowest BCUT2D eigenvalue weighted by Crippen LogP contribution is -2.16. The third kappa shape index (κ3) is 2.77. The standard InChI is InChI=1S/C10H12N4O2S2/c1-2-11-8-4-3-5-12-9(8)18(15,16)14-10-13-6-7-17-10/h3-7,11H,2H2,1H3,(H,13,14). The number of hydrogen-bond acceptors (Lipinski definition) is 6. The number of nitrogens with one attached hydrogen (secondary N) is 2. The van der Waals surface area contributed by atoms with Crippen LogP contribution in [0, 0.1) is 0 Å². The van der Waals surface area contributed by atoms with Gasteiger partial charge in [0.2, 0.25) is 0 Å². The molecule has 0 fully saturated rings. The van der Waals surface area contributed by atoms with Gasteiger partial charge in [-0.1, -0.05) is 0 Å². The maximum Gasteiger partial charge on any atom is 0.283 e. The van der Waals surface area contributed by atoms with Crippen LogP contribution in [-0.4, -0.2) is 24.9 Å². The van der Waals surface area contributed by atoms with Crippen molar-refractivity contribution in [2.45, 2.75) is 11.9 Å². The number of rotatable bonds is 5. The van der Waals surface area contributed by atoms with Crippen LogP contribution in [0.3, 0.4) is 0 Å². The second-order valence-electron chi connectivity index (χ2n) is 3.33. The van der Waals surface area contributed by atoms with E-state index >= 15 is 0 Å². The zero-order valence-corrected chi connectivity index (χ0v) is 11.3. The van der Waals surface area contributed by atoms with Crippen LogP contribution in [0.5, 0.6) is 0 Å². The number of sulfonamides is 1. The molecule has 8 heteroatoms. The van der Waals surface area contributed by atoms with Crippen LogP contribution in [0.25, 0.3) is 0 Å². The molecule has 0 aliphatic heterocycles. The Morgan fingerprint density at radius 3 is 2.83 bits per heavy atom. The van der Waals surface area contributed by atoms with Crippen LogP contribution in [0.1, 0.15) is 6.92 Å². The zero-order valence-electron chi connectivity index (χ0n) is 9.62. The molecule has 0 saturated carbocycles. The smallest absolute Gasteiger partial charge is 0.283 e. The summed E-state index contributed by atoms with van der Waals surface area (Å²) < 4.78 is 26.7. The summed E-state index contributed by atoms with van der Waals surface area (Å²) in [5, 5.41) is 4.96. The van der Waals surface area contributed by atoms with Gasteiger partial charge >= 0.3 is 0 Å². The first-order valence-corrected chi connectivity index (χ1v) is 7.61. The average molecular weight is 284 g/mol. The van der Waals surface area contributed by atoms with Crippen molar-refractivity contribution < 1.29 is 8.42 Å².